The molecule has 0 aliphatic rings. The quantitative estimate of drug-likeness (QED) is 0.161. The molecule has 0 unspecified atom stereocenters. The highest BCUT2D eigenvalue weighted by Crippen LogP contribution is 2.07. The van der Waals surface area contributed by atoms with E-state index in [4.69, 9.17) is 16.0 Å². The van der Waals surface area contributed by atoms with Gasteiger partial charge < -0.3 is 26.7 Å². The molecule has 0 fully saturated rings. The number of hydrogen-bond acceptors (Lipinski definition) is 8. The van der Waals surface area contributed by atoms with Crippen molar-refractivity contribution in [3.05, 3.63) is 5.69 Å². The summed E-state index contributed by atoms with van der Waals surface area (Å²) >= 11 is 0. The molecule has 0 atom stereocenters. The number of carbonyl (C=O) groups is 1. The van der Waals surface area contributed by atoms with Crippen LogP contribution in [0.5, 0.6) is 0 Å². The molecule has 0 radical (unpaired) electrons. The standard InChI is InChI=1S/C7H12N6O4/c8-6(11-16)5-7(13-17-12-5)10-3-4(15)9-1-2-14/h14,16H,1-3H2,(H2,8,11)(H,9,15)(H,10,13). The van der Waals surface area contributed by atoms with Crippen molar-refractivity contribution in [2.45, 2.75) is 0 Å². The van der Waals surface area contributed by atoms with Crippen LogP contribution in [0.25, 0.3) is 0 Å². The lowest BCUT2D eigenvalue weighted by molar-refractivity contribution is -0.119. The van der Waals surface area contributed by atoms with Crippen molar-refractivity contribution in [3.63, 3.8) is 0 Å². The fourth-order valence-corrected chi connectivity index (χ4v) is 0.942. The van der Waals surface area contributed by atoms with Crippen molar-refractivity contribution in [1.29, 1.82) is 0 Å². The first-order valence-electron chi connectivity index (χ1n) is 4.61. The largest absolute Gasteiger partial charge is 0.409 e. The Labute approximate surface area is 95.4 Å². The highest BCUT2D eigenvalue weighted by atomic mass is 16.6. The fraction of sp³-hybridized carbons (Fsp3) is 0.429. The number of rotatable bonds is 6. The average molecular weight is 244 g/mol. The number of amidine groups is 1. The molecule has 0 spiro atoms. The number of anilines is 1. The molecule has 0 aromatic carbocycles. The summed E-state index contributed by atoms with van der Waals surface area (Å²) in [4.78, 5) is 11.2. The van der Waals surface area contributed by atoms with Crippen LogP contribution in [0.2, 0.25) is 0 Å². The molecule has 0 aliphatic carbocycles. The van der Waals surface area contributed by atoms with E-state index in [9.17, 15) is 4.79 Å². The number of nitrogens with one attached hydrogen (secondary N) is 2. The molecule has 0 saturated carbocycles. The monoisotopic (exact) mass is 244 g/mol. The second kappa shape index (κ2) is 6.27. The summed E-state index contributed by atoms with van der Waals surface area (Å²) in [5.74, 6) is -0.559. The van der Waals surface area contributed by atoms with Crippen molar-refractivity contribution in [2.24, 2.45) is 10.9 Å². The van der Waals surface area contributed by atoms with Gasteiger partial charge in [0, 0.05) is 6.54 Å². The van der Waals surface area contributed by atoms with Crippen LogP contribution in [-0.2, 0) is 4.79 Å². The molecular weight excluding hydrogens is 232 g/mol. The van der Waals surface area contributed by atoms with Gasteiger partial charge in [0.05, 0.1) is 13.2 Å². The third-order valence-electron chi connectivity index (χ3n) is 1.69. The van der Waals surface area contributed by atoms with E-state index < -0.39 is 0 Å². The van der Waals surface area contributed by atoms with Crippen LogP contribution in [0.3, 0.4) is 0 Å². The summed E-state index contributed by atoms with van der Waals surface area (Å²) in [6.07, 6.45) is 0. The maximum Gasteiger partial charge on any atom is 0.239 e. The number of nitrogens with zero attached hydrogens (tertiary/aromatic N) is 3. The van der Waals surface area contributed by atoms with Crippen molar-refractivity contribution in [2.75, 3.05) is 25.0 Å². The van der Waals surface area contributed by atoms with Gasteiger partial charge in [-0.15, -0.1) is 0 Å². The van der Waals surface area contributed by atoms with Crippen molar-refractivity contribution >= 4 is 17.6 Å². The van der Waals surface area contributed by atoms with Crippen molar-refractivity contribution in [3.8, 4) is 0 Å². The van der Waals surface area contributed by atoms with Gasteiger partial charge in [-0.1, -0.05) is 5.16 Å². The fourth-order valence-electron chi connectivity index (χ4n) is 0.942. The second-order valence-corrected chi connectivity index (χ2v) is 2.87. The molecule has 10 nitrogen and oxygen atoms in total. The maximum absolute atomic E-state index is 11.2. The van der Waals surface area contributed by atoms with Crippen LogP contribution in [0, 0.1) is 0 Å². The number of carbonyl (C=O) groups excluding carboxylic acids is 1. The summed E-state index contributed by atoms with van der Waals surface area (Å²) in [7, 11) is 0. The van der Waals surface area contributed by atoms with Crippen LogP contribution in [-0.4, -0.2) is 52.1 Å². The summed E-state index contributed by atoms with van der Waals surface area (Å²) in [5, 5.41) is 31.5. The second-order valence-electron chi connectivity index (χ2n) is 2.87. The van der Waals surface area contributed by atoms with E-state index in [2.05, 4.69) is 30.7 Å². The number of aliphatic hydroxyl groups excluding tert-OH is 1. The van der Waals surface area contributed by atoms with Crippen LogP contribution < -0.4 is 16.4 Å². The average Bonchev–Trinajstić information content (AvgIpc) is 2.81. The van der Waals surface area contributed by atoms with E-state index in [0.717, 1.165) is 0 Å². The Bertz CT molecular complexity index is 403. The third kappa shape index (κ3) is 3.61. The zero-order chi connectivity index (χ0) is 12.7. The maximum atomic E-state index is 11.2. The lowest BCUT2D eigenvalue weighted by Crippen LogP contribution is -2.32. The molecule has 1 rings (SSSR count). The molecular formula is C7H12N6O4. The van der Waals surface area contributed by atoms with Gasteiger partial charge in [0.15, 0.2) is 11.5 Å². The summed E-state index contributed by atoms with van der Waals surface area (Å²) in [6, 6.07) is 0. The van der Waals surface area contributed by atoms with Gasteiger partial charge in [0.25, 0.3) is 0 Å². The number of oxime groups is 1. The van der Waals surface area contributed by atoms with Crippen molar-refractivity contribution in [1.82, 2.24) is 15.6 Å². The minimum atomic E-state index is -0.354. The molecule has 0 aliphatic heterocycles. The molecule has 1 amide bonds. The van der Waals surface area contributed by atoms with E-state index in [1.165, 1.54) is 0 Å². The molecule has 10 heteroatoms. The first-order valence-corrected chi connectivity index (χ1v) is 4.61. The minimum Gasteiger partial charge on any atom is -0.409 e. The molecule has 1 heterocycles. The van der Waals surface area contributed by atoms with Gasteiger partial charge >= 0.3 is 0 Å². The number of amides is 1. The zero-order valence-electron chi connectivity index (χ0n) is 8.75. The summed E-state index contributed by atoms with van der Waals surface area (Å²) in [6.45, 7) is -0.1000. The summed E-state index contributed by atoms with van der Waals surface area (Å²) in [5.41, 5.74) is 5.29. The highest BCUT2D eigenvalue weighted by Gasteiger charge is 2.14. The Morgan fingerprint density at radius 1 is 1.53 bits per heavy atom. The van der Waals surface area contributed by atoms with Gasteiger partial charge in [-0.25, -0.2) is 4.63 Å². The normalized spacial score (nSPS) is 11.2. The van der Waals surface area contributed by atoms with Gasteiger partial charge in [0.2, 0.25) is 11.7 Å². The van der Waals surface area contributed by atoms with Crippen LogP contribution in [0.4, 0.5) is 5.82 Å². The summed E-state index contributed by atoms with van der Waals surface area (Å²) < 4.78 is 4.38. The molecule has 6 N–H and O–H groups in total. The van der Waals surface area contributed by atoms with Gasteiger partial charge in [0.1, 0.15) is 0 Å². The molecule has 1 aromatic heterocycles. The number of hydrogen-bond donors (Lipinski definition) is 5. The SMILES string of the molecule is N/C(=N\O)c1nonc1NCC(=O)NCCO. The van der Waals surface area contributed by atoms with Gasteiger partial charge in [-0.2, -0.15) is 0 Å². The van der Waals surface area contributed by atoms with Crippen LogP contribution in [0.1, 0.15) is 5.69 Å². The zero-order valence-corrected chi connectivity index (χ0v) is 8.75. The molecule has 0 saturated heterocycles. The topological polar surface area (TPSA) is 159 Å². The molecule has 94 valence electrons. The van der Waals surface area contributed by atoms with E-state index in [1.54, 1.807) is 0 Å². The Hall–Kier alpha value is -2.36. The Morgan fingerprint density at radius 2 is 2.29 bits per heavy atom. The Kier molecular flexibility index (Phi) is 4.69. The lowest BCUT2D eigenvalue weighted by atomic mass is 10.4. The number of aliphatic hydroxyl groups is 1. The third-order valence-corrected chi connectivity index (χ3v) is 1.69. The first kappa shape index (κ1) is 12.7. The predicted molar refractivity (Wildman–Crippen MR) is 55.4 cm³/mol. The van der Waals surface area contributed by atoms with Crippen LogP contribution in [0.15, 0.2) is 9.78 Å². The smallest absolute Gasteiger partial charge is 0.239 e. The minimum absolute atomic E-state index is 0.00228. The van der Waals surface area contributed by atoms with E-state index in [1.807, 2.05) is 0 Å². The molecule has 0 bridgehead atoms. The van der Waals surface area contributed by atoms with Gasteiger partial charge in [-0.3, -0.25) is 4.79 Å². The molecule has 1 aromatic rings. The van der Waals surface area contributed by atoms with Gasteiger partial charge in [-0.05, 0) is 10.3 Å². The van der Waals surface area contributed by atoms with Crippen LogP contribution >= 0.6 is 0 Å². The van der Waals surface area contributed by atoms with E-state index in [0.29, 0.717) is 0 Å². The Morgan fingerprint density at radius 3 is 2.94 bits per heavy atom. The highest BCUT2D eigenvalue weighted by molar-refractivity contribution is 5.99. The van der Waals surface area contributed by atoms with Crippen molar-refractivity contribution < 1.29 is 19.7 Å². The Balaban J connectivity index is 2.52. The first-order chi connectivity index (χ1) is 8.19. The molecule has 17 heavy (non-hydrogen) atoms. The number of aromatic nitrogens is 2. The van der Waals surface area contributed by atoms with E-state index in [-0.39, 0.29) is 43.0 Å². The van der Waals surface area contributed by atoms with E-state index >= 15 is 0 Å². The predicted octanol–water partition coefficient (Wildman–Crippen LogP) is -2.32. The lowest BCUT2D eigenvalue weighted by Gasteiger charge is -2.04. The number of nitrogens with two attached hydrogens (primary N) is 1.